The van der Waals surface area contributed by atoms with Gasteiger partial charge in [0.1, 0.15) is 0 Å². The first kappa shape index (κ1) is 15.7. The second-order valence-corrected chi connectivity index (χ2v) is 6.78. The van der Waals surface area contributed by atoms with Crippen molar-refractivity contribution in [3.8, 4) is 0 Å². The minimum atomic E-state index is -1.18. The second kappa shape index (κ2) is 6.24. The van der Waals surface area contributed by atoms with Gasteiger partial charge >= 0.3 is 0 Å². The molecule has 126 valence electrons. The Balaban J connectivity index is 1.60. The number of pyridine rings is 1. The number of aliphatic hydroxyl groups is 1. The van der Waals surface area contributed by atoms with Crippen molar-refractivity contribution in [2.45, 2.75) is 37.1 Å². The normalized spacial score (nSPS) is 30.2. The predicted octanol–water partition coefficient (Wildman–Crippen LogP) is 2.47. The lowest BCUT2D eigenvalue weighted by molar-refractivity contribution is -0.150. The molecule has 2 atom stereocenters. The molecular formula is C19H21FN2O2. The van der Waals surface area contributed by atoms with Crippen LogP contribution in [0.3, 0.4) is 0 Å². The standard InChI is InChI=1S/C19H21FN2O2/c20-18-17(7-4-8-21-18)19(23)9-15-12-24-13-16(10-19)22(15)11-14-5-2-1-3-6-14/h1-8,15-16,23H,9-13H2. The summed E-state index contributed by atoms with van der Waals surface area (Å²) in [6.07, 6.45) is 2.33. The van der Waals surface area contributed by atoms with Gasteiger partial charge in [-0.2, -0.15) is 4.39 Å². The van der Waals surface area contributed by atoms with Crippen molar-refractivity contribution < 1.29 is 14.2 Å². The van der Waals surface area contributed by atoms with E-state index in [0.717, 1.165) is 6.54 Å². The van der Waals surface area contributed by atoms with E-state index in [9.17, 15) is 9.50 Å². The Morgan fingerprint density at radius 2 is 1.83 bits per heavy atom. The topological polar surface area (TPSA) is 45.6 Å². The summed E-state index contributed by atoms with van der Waals surface area (Å²) in [5.41, 5.74) is 0.374. The Labute approximate surface area is 140 Å². The first-order valence-electron chi connectivity index (χ1n) is 8.36. The molecular weight excluding hydrogens is 307 g/mol. The van der Waals surface area contributed by atoms with Gasteiger partial charge in [0.15, 0.2) is 0 Å². The monoisotopic (exact) mass is 328 g/mol. The summed E-state index contributed by atoms with van der Waals surface area (Å²) < 4.78 is 19.8. The number of fused-ring (bicyclic) bond motifs is 2. The van der Waals surface area contributed by atoms with Gasteiger partial charge in [-0.05, 0) is 24.5 Å². The quantitative estimate of drug-likeness (QED) is 0.879. The number of hydrogen-bond acceptors (Lipinski definition) is 4. The molecule has 0 saturated carbocycles. The SMILES string of the molecule is OC1(c2cccnc2F)CC2COCC(C1)N2Cc1ccccc1. The minimum absolute atomic E-state index is 0.0716. The summed E-state index contributed by atoms with van der Waals surface area (Å²) in [5.74, 6) is -0.574. The van der Waals surface area contributed by atoms with Gasteiger partial charge in [0, 0.05) is 30.4 Å². The Kier molecular flexibility index (Phi) is 4.08. The van der Waals surface area contributed by atoms with Gasteiger partial charge in [-0.1, -0.05) is 36.4 Å². The molecule has 0 aliphatic carbocycles. The van der Waals surface area contributed by atoms with E-state index in [1.165, 1.54) is 11.8 Å². The predicted molar refractivity (Wildman–Crippen MR) is 87.7 cm³/mol. The zero-order chi connectivity index (χ0) is 16.6. The second-order valence-electron chi connectivity index (χ2n) is 6.78. The zero-order valence-electron chi connectivity index (χ0n) is 13.4. The number of halogens is 1. The summed E-state index contributed by atoms with van der Waals surface area (Å²) in [5, 5.41) is 11.2. The molecule has 5 heteroatoms. The Bertz CT molecular complexity index is 696. The van der Waals surface area contributed by atoms with Crippen LogP contribution in [0.15, 0.2) is 48.7 Å². The lowest BCUT2D eigenvalue weighted by Gasteiger charge is -2.51. The van der Waals surface area contributed by atoms with Crippen molar-refractivity contribution in [2.75, 3.05) is 13.2 Å². The van der Waals surface area contributed by atoms with Gasteiger partial charge in [-0.25, -0.2) is 4.98 Å². The summed E-state index contributed by atoms with van der Waals surface area (Å²) in [4.78, 5) is 6.10. The molecule has 2 bridgehead atoms. The van der Waals surface area contributed by atoms with Crippen molar-refractivity contribution in [1.82, 2.24) is 9.88 Å². The molecule has 24 heavy (non-hydrogen) atoms. The van der Waals surface area contributed by atoms with Crippen molar-refractivity contribution in [2.24, 2.45) is 0 Å². The fraction of sp³-hybridized carbons (Fsp3) is 0.421. The Morgan fingerprint density at radius 1 is 1.12 bits per heavy atom. The van der Waals surface area contributed by atoms with E-state index in [2.05, 4.69) is 22.0 Å². The highest BCUT2D eigenvalue weighted by molar-refractivity contribution is 5.23. The average molecular weight is 328 g/mol. The van der Waals surface area contributed by atoms with E-state index in [-0.39, 0.29) is 12.1 Å². The Morgan fingerprint density at radius 3 is 2.50 bits per heavy atom. The molecule has 1 aromatic carbocycles. The smallest absolute Gasteiger partial charge is 0.218 e. The molecule has 2 aliphatic rings. The fourth-order valence-corrected chi connectivity index (χ4v) is 4.05. The number of rotatable bonds is 3. The van der Waals surface area contributed by atoms with Crippen LogP contribution in [0.4, 0.5) is 4.39 Å². The van der Waals surface area contributed by atoms with Crippen LogP contribution >= 0.6 is 0 Å². The number of nitrogens with zero attached hydrogens (tertiary/aromatic N) is 2. The molecule has 2 fully saturated rings. The summed E-state index contributed by atoms with van der Waals surface area (Å²) in [6, 6.07) is 13.8. The molecule has 2 unspecified atom stereocenters. The molecule has 2 aliphatic heterocycles. The maximum atomic E-state index is 14.1. The third kappa shape index (κ3) is 2.83. The van der Waals surface area contributed by atoms with Crippen molar-refractivity contribution in [3.63, 3.8) is 0 Å². The van der Waals surface area contributed by atoms with Crippen molar-refractivity contribution in [1.29, 1.82) is 0 Å². The number of hydrogen-bond donors (Lipinski definition) is 1. The van der Waals surface area contributed by atoms with Gasteiger partial charge in [0.05, 0.1) is 18.8 Å². The van der Waals surface area contributed by atoms with E-state index >= 15 is 0 Å². The summed E-state index contributed by atoms with van der Waals surface area (Å²) in [6.45, 7) is 1.95. The maximum Gasteiger partial charge on any atom is 0.218 e. The van der Waals surface area contributed by atoms with Gasteiger partial charge < -0.3 is 9.84 Å². The molecule has 3 heterocycles. The summed E-state index contributed by atoms with van der Waals surface area (Å²) >= 11 is 0. The molecule has 4 rings (SSSR count). The van der Waals surface area contributed by atoms with E-state index in [1.807, 2.05) is 18.2 Å². The third-order valence-corrected chi connectivity index (χ3v) is 5.17. The largest absolute Gasteiger partial charge is 0.385 e. The highest BCUT2D eigenvalue weighted by atomic mass is 19.1. The average Bonchev–Trinajstić information content (AvgIpc) is 2.57. The van der Waals surface area contributed by atoms with Gasteiger partial charge in [0.2, 0.25) is 5.95 Å². The van der Waals surface area contributed by atoms with Crippen LogP contribution in [-0.4, -0.2) is 40.3 Å². The molecule has 0 amide bonds. The van der Waals surface area contributed by atoms with Gasteiger partial charge in [-0.15, -0.1) is 0 Å². The van der Waals surface area contributed by atoms with Crippen LogP contribution < -0.4 is 0 Å². The first-order valence-corrected chi connectivity index (χ1v) is 8.36. The van der Waals surface area contributed by atoms with Crippen LogP contribution in [0.1, 0.15) is 24.0 Å². The van der Waals surface area contributed by atoms with E-state index in [4.69, 9.17) is 4.74 Å². The number of piperidine rings is 1. The molecule has 0 radical (unpaired) electrons. The fourth-order valence-electron chi connectivity index (χ4n) is 4.05. The maximum absolute atomic E-state index is 14.1. The van der Waals surface area contributed by atoms with Crippen LogP contribution in [0.25, 0.3) is 0 Å². The van der Waals surface area contributed by atoms with Gasteiger partial charge in [-0.3, -0.25) is 4.90 Å². The molecule has 2 aromatic rings. The van der Waals surface area contributed by atoms with E-state index < -0.39 is 11.5 Å². The van der Waals surface area contributed by atoms with Crippen LogP contribution in [-0.2, 0) is 16.9 Å². The molecule has 1 aromatic heterocycles. The van der Waals surface area contributed by atoms with Crippen LogP contribution in [0.2, 0.25) is 0 Å². The highest BCUT2D eigenvalue weighted by Crippen LogP contribution is 2.42. The van der Waals surface area contributed by atoms with Crippen molar-refractivity contribution >= 4 is 0 Å². The highest BCUT2D eigenvalue weighted by Gasteiger charge is 2.48. The number of morpholine rings is 1. The lowest BCUT2D eigenvalue weighted by Crippen LogP contribution is -2.60. The zero-order valence-corrected chi connectivity index (χ0v) is 13.4. The van der Waals surface area contributed by atoms with E-state index in [1.54, 1.807) is 12.1 Å². The molecule has 2 saturated heterocycles. The first-order chi connectivity index (χ1) is 11.7. The molecule has 4 nitrogen and oxygen atoms in total. The Hall–Kier alpha value is -1.82. The number of ether oxygens (including phenoxy) is 1. The van der Waals surface area contributed by atoms with Crippen LogP contribution in [0, 0.1) is 5.95 Å². The molecule has 0 spiro atoms. The summed E-state index contributed by atoms with van der Waals surface area (Å²) in [7, 11) is 0. The minimum Gasteiger partial charge on any atom is -0.385 e. The van der Waals surface area contributed by atoms with Crippen LogP contribution in [0.5, 0.6) is 0 Å². The van der Waals surface area contributed by atoms with Crippen molar-refractivity contribution in [3.05, 3.63) is 65.7 Å². The number of benzene rings is 1. The number of aromatic nitrogens is 1. The van der Waals surface area contributed by atoms with Gasteiger partial charge in [0.25, 0.3) is 0 Å². The lowest BCUT2D eigenvalue weighted by atomic mass is 9.77. The van der Waals surface area contributed by atoms with E-state index in [0.29, 0.717) is 31.6 Å². The third-order valence-electron chi connectivity index (χ3n) is 5.17. The molecule has 1 N–H and O–H groups in total.